The van der Waals surface area contributed by atoms with Crippen molar-refractivity contribution in [2.24, 2.45) is 0 Å². The molecule has 0 bridgehead atoms. The summed E-state index contributed by atoms with van der Waals surface area (Å²) in [5, 5.41) is 17.7. The zero-order chi connectivity index (χ0) is 15.1. The van der Waals surface area contributed by atoms with Gasteiger partial charge >= 0.3 is 0 Å². The molecule has 1 aliphatic carbocycles. The number of aliphatic hydroxyl groups excluding tert-OH is 2. The minimum atomic E-state index is -0.169. The topological polar surface area (TPSA) is 60.8 Å². The van der Waals surface area contributed by atoms with Crippen molar-refractivity contribution in [2.45, 2.75) is 31.7 Å². The molecule has 1 aromatic rings. The fraction of sp³-hybridized carbons (Fsp3) is 0.471. The molecule has 112 valence electrons. The maximum Gasteiger partial charge on any atom is 0.254 e. The number of aliphatic hydroxyl groups is 2. The Bertz CT molecular complexity index is 523. The first kappa shape index (κ1) is 15.6. The van der Waals surface area contributed by atoms with E-state index >= 15 is 0 Å². The zero-order valence-electron chi connectivity index (χ0n) is 12.1. The van der Waals surface area contributed by atoms with Gasteiger partial charge in [0, 0.05) is 30.3 Å². The third-order valence-electron chi connectivity index (χ3n) is 3.78. The van der Waals surface area contributed by atoms with Gasteiger partial charge in [0.2, 0.25) is 0 Å². The van der Waals surface area contributed by atoms with Crippen molar-refractivity contribution in [3.63, 3.8) is 0 Å². The van der Waals surface area contributed by atoms with Crippen LogP contribution >= 0.6 is 0 Å². The Hall–Kier alpha value is -1.83. The Labute approximate surface area is 125 Å². The first-order chi connectivity index (χ1) is 10.3. The molecular formula is C17H21NO3. The van der Waals surface area contributed by atoms with Crippen LogP contribution in [0.4, 0.5) is 0 Å². The monoisotopic (exact) mass is 287 g/mol. The molecule has 0 aliphatic heterocycles. The van der Waals surface area contributed by atoms with Crippen LogP contribution in [0.1, 0.15) is 41.6 Å². The third-order valence-corrected chi connectivity index (χ3v) is 3.78. The van der Waals surface area contributed by atoms with E-state index in [1.807, 2.05) is 4.90 Å². The molecule has 1 aliphatic rings. The standard InChI is InChI=1S/C17H21NO3/c19-12-2-4-14-7-9-15(10-8-14)17(21)18(11-3-13-20)16-5-1-6-16/h7-10,16,19-20H,1,3,5-6,11-13H2. The van der Waals surface area contributed by atoms with Gasteiger partial charge in [-0.05, 0) is 49.9 Å². The van der Waals surface area contributed by atoms with E-state index in [0.29, 0.717) is 24.6 Å². The number of hydrogen-bond acceptors (Lipinski definition) is 3. The van der Waals surface area contributed by atoms with E-state index < -0.39 is 0 Å². The van der Waals surface area contributed by atoms with Gasteiger partial charge in [0.15, 0.2) is 0 Å². The first-order valence-corrected chi connectivity index (χ1v) is 7.38. The number of rotatable bonds is 5. The Balaban J connectivity index is 2.08. The Morgan fingerprint density at radius 1 is 1.24 bits per heavy atom. The third kappa shape index (κ3) is 4.07. The van der Waals surface area contributed by atoms with E-state index in [0.717, 1.165) is 18.4 Å². The number of nitrogens with zero attached hydrogens (tertiary/aromatic N) is 1. The molecule has 0 saturated heterocycles. The number of benzene rings is 1. The summed E-state index contributed by atoms with van der Waals surface area (Å²) in [5.74, 6) is 5.42. The summed E-state index contributed by atoms with van der Waals surface area (Å²) in [5.41, 5.74) is 1.43. The molecule has 1 saturated carbocycles. The van der Waals surface area contributed by atoms with Crippen LogP contribution in [0.15, 0.2) is 24.3 Å². The fourth-order valence-corrected chi connectivity index (χ4v) is 2.39. The van der Waals surface area contributed by atoms with Crippen molar-refractivity contribution in [3.05, 3.63) is 35.4 Å². The summed E-state index contributed by atoms with van der Waals surface area (Å²) in [6.07, 6.45) is 3.89. The van der Waals surface area contributed by atoms with E-state index in [4.69, 9.17) is 10.2 Å². The van der Waals surface area contributed by atoms with Gasteiger partial charge in [-0.1, -0.05) is 11.8 Å². The Morgan fingerprint density at radius 2 is 1.95 bits per heavy atom. The lowest BCUT2D eigenvalue weighted by Crippen LogP contribution is -2.44. The average Bonchev–Trinajstić information content (AvgIpc) is 2.47. The summed E-state index contributed by atoms with van der Waals surface area (Å²) >= 11 is 0. The molecule has 4 heteroatoms. The predicted octanol–water partition coefficient (Wildman–Crippen LogP) is 1.41. The molecule has 0 heterocycles. The molecule has 0 unspecified atom stereocenters. The van der Waals surface area contributed by atoms with Crippen molar-refractivity contribution < 1.29 is 15.0 Å². The number of amides is 1. The highest BCUT2D eigenvalue weighted by Gasteiger charge is 2.28. The van der Waals surface area contributed by atoms with E-state index in [1.165, 1.54) is 6.42 Å². The van der Waals surface area contributed by atoms with Crippen molar-refractivity contribution in [1.29, 1.82) is 0 Å². The number of hydrogen-bond donors (Lipinski definition) is 2. The van der Waals surface area contributed by atoms with Gasteiger partial charge in [0.25, 0.3) is 5.91 Å². The van der Waals surface area contributed by atoms with Crippen LogP contribution in [0.25, 0.3) is 0 Å². The van der Waals surface area contributed by atoms with Crippen molar-refractivity contribution >= 4 is 5.91 Å². The molecule has 4 nitrogen and oxygen atoms in total. The maximum atomic E-state index is 12.6. The van der Waals surface area contributed by atoms with Crippen LogP contribution in [0, 0.1) is 11.8 Å². The Morgan fingerprint density at radius 3 is 2.48 bits per heavy atom. The summed E-state index contributed by atoms with van der Waals surface area (Å²) in [6.45, 7) is 0.537. The fourth-order valence-electron chi connectivity index (χ4n) is 2.39. The second-order valence-electron chi connectivity index (χ2n) is 5.20. The first-order valence-electron chi connectivity index (χ1n) is 7.38. The van der Waals surface area contributed by atoms with Gasteiger partial charge in [-0.25, -0.2) is 0 Å². The SMILES string of the molecule is O=C(c1ccc(C#CCO)cc1)N(CCCO)C1CCC1. The summed E-state index contributed by atoms with van der Waals surface area (Å²) in [6, 6.07) is 7.45. The molecule has 1 amide bonds. The molecule has 2 rings (SSSR count). The highest BCUT2D eigenvalue weighted by molar-refractivity contribution is 5.94. The van der Waals surface area contributed by atoms with E-state index in [-0.39, 0.29) is 19.1 Å². The smallest absolute Gasteiger partial charge is 0.254 e. The molecule has 0 spiro atoms. The van der Waals surface area contributed by atoms with Crippen LogP contribution in [-0.2, 0) is 0 Å². The van der Waals surface area contributed by atoms with E-state index in [2.05, 4.69) is 11.8 Å². The highest BCUT2D eigenvalue weighted by Crippen LogP contribution is 2.26. The van der Waals surface area contributed by atoms with Crippen molar-refractivity contribution in [1.82, 2.24) is 4.90 Å². The van der Waals surface area contributed by atoms with Crippen LogP contribution in [0.2, 0.25) is 0 Å². The lowest BCUT2D eigenvalue weighted by atomic mass is 9.90. The van der Waals surface area contributed by atoms with Gasteiger partial charge in [-0.2, -0.15) is 0 Å². The molecule has 0 atom stereocenters. The van der Waals surface area contributed by atoms with Gasteiger partial charge in [-0.3, -0.25) is 4.79 Å². The molecule has 21 heavy (non-hydrogen) atoms. The van der Waals surface area contributed by atoms with Crippen LogP contribution in [0.5, 0.6) is 0 Å². The minimum absolute atomic E-state index is 0.0230. The van der Waals surface area contributed by atoms with E-state index in [9.17, 15) is 4.79 Å². The average molecular weight is 287 g/mol. The van der Waals surface area contributed by atoms with Gasteiger partial charge in [0.1, 0.15) is 6.61 Å². The molecule has 0 aromatic heterocycles. The molecule has 0 radical (unpaired) electrons. The molecule has 2 N–H and O–H groups in total. The molecule has 1 fully saturated rings. The predicted molar refractivity (Wildman–Crippen MR) is 80.8 cm³/mol. The second kappa shape index (κ2) is 7.82. The van der Waals surface area contributed by atoms with Crippen LogP contribution in [0.3, 0.4) is 0 Å². The second-order valence-corrected chi connectivity index (χ2v) is 5.20. The van der Waals surface area contributed by atoms with Crippen LogP contribution in [-0.4, -0.2) is 46.8 Å². The van der Waals surface area contributed by atoms with Crippen molar-refractivity contribution in [2.75, 3.05) is 19.8 Å². The summed E-state index contributed by atoms with van der Waals surface area (Å²) < 4.78 is 0. The number of carbonyl (C=O) groups is 1. The van der Waals surface area contributed by atoms with Crippen molar-refractivity contribution in [3.8, 4) is 11.8 Å². The molecular weight excluding hydrogens is 266 g/mol. The van der Waals surface area contributed by atoms with E-state index in [1.54, 1.807) is 24.3 Å². The van der Waals surface area contributed by atoms with Gasteiger partial charge in [0.05, 0.1) is 0 Å². The van der Waals surface area contributed by atoms with Gasteiger partial charge < -0.3 is 15.1 Å². The number of carbonyl (C=O) groups excluding carboxylic acids is 1. The lowest BCUT2D eigenvalue weighted by molar-refractivity contribution is 0.0562. The normalized spacial score (nSPS) is 14.0. The maximum absolute atomic E-state index is 12.6. The highest BCUT2D eigenvalue weighted by atomic mass is 16.3. The minimum Gasteiger partial charge on any atom is -0.396 e. The van der Waals surface area contributed by atoms with Crippen LogP contribution < -0.4 is 0 Å². The lowest BCUT2D eigenvalue weighted by Gasteiger charge is -2.37. The summed E-state index contributed by atoms with van der Waals surface area (Å²) in [7, 11) is 0. The Kier molecular flexibility index (Phi) is 5.79. The quantitative estimate of drug-likeness (QED) is 0.805. The molecule has 1 aromatic carbocycles. The van der Waals surface area contributed by atoms with Gasteiger partial charge in [-0.15, -0.1) is 0 Å². The largest absolute Gasteiger partial charge is 0.396 e. The summed E-state index contributed by atoms with van der Waals surface area (Å²) in [4.78, 5) is 14.5. The zero-order valence-corrected chi connectivity index (χ0v) is 12.1.